The van der Waals surface area contributed by atoms with E-state index in [1.807, 2.05) is 48.5 Å². The number of phenolic OH excluding ortho intramolecular Hbond substituents is 4. The van der Waals surface area contributed by atoms with Crippen LogP contribution in [0.15, 0.2) is 109 Å². The van der Waals surface area contributed by atoms with Crippen molar-refractivity contribution in [2.45, 2.75) is 43.9 Å². The molecule has 0 aliphatic heterocycles. The smallest absolute Gasteiger partial charge is 0.119 e. The van der Waals surface area contributed by atoms with E-state index in [0.717, 1.165) is 27.8 Å². The third-order valence-corrected chi connectivity index (χ3v) is 8.42. The van der Waals surface area contributed by atoms with Crippen LogP contribution < -0.4 is 0 Å². The Labute approximate surface area is 240 Å². The van der Waals surface area contributed by atoms with Crippen LogP contribution in [0.2, 0.25) is 0 Å². The summed E-state index contributed by atoms with van der Waals surface area (Å²) in [4.78, 5) is 0. The van der Waals surface area contributed by atoms with E-state index in [-0.39, 0.29) is 23.0 Å². The Morgan fingerprint density at radius 2 is 0.902 bits per heavy atom. The fraction of sp³-hybridized carbons (Fsp3) is 0.189. The average molecular weight is 543 g/mol. The molecule has 5 aromatic carbocycles. The lowest BCUT2D eigenvalue weighted by Crippen LogP contribution is -2.07. The van der Waals surface area contributed by atoms with Crippen molar-refractivity contribution < 1.29 is 20.4 Å². The molecule has 1 aliphatic carbocycles. The molecule has 0 saturated heterocycles. The highest BCUT2D eigenvalue weighted by Gasteiger charge is 2.25. The second-order valence-electron chi connectivity index (χ2n) is 11.1. The fourth-order valence-corrected chi connectivity index (χ4v) is 6.16. The van der Waals surface area contributed by atoms with Crippen molar-refractivity contribution in [1.82, 2.24) is 0 Å². The lowest BCUT2D eigenvalue weighted by molar-refractivity contribution is 0.443. The Morgan fingerprint density at radius 3 is 1.37 bits per heavy atom. The Balaban J connectivity index is 1.49. The molecule has 0 amide bonds. The van der Waals surface area contributed by atoms with Crippen LogP contribution in [0.1, 0.15) is 66.2 Å². The molecule has 0 spiro atoms. The molecule has 0 radical (unpaired) electrons. The van der Waals surface area contributed by atoms with E-state index >= 15 is 0 Å². The summed E-state index contributed by atoms with van der Waals surface area (Å²) in [5.41, 5.74) is 7.30. The van der Waals surface area contributed by atoms with Gasteiger partial charge in [-0.25, -0.2) is 0 Å². The summed E-state index contributed by atoms with van der Waals surface area (Å²) in [5, 5.41) is 42.0. The zero-order valence-electron chi connectivity index (χ0n) is 22.9. The summed E-state index contributed by atoms with van der Waals surface area (Å²) in [7, 11) is 0. The normalized spacial score (nSPS) is 13.9. The predicted octanol–water partition coefficient (Wildman–Crippen LogP) is 9.07. The van der Waals surface area contributed by atoms with E-state index in [4.69, 9.17) is 0 Å². The van der Waals surface area contributed by atoms with E-state index in [1.165, 1.54) is 37.7 Å². The van der Waals surface area contributed by atoms with Gasteiger partial charge in [0.05, 0.1) is 0 Å². The van der Waals surface area contributed by atoms with E-state index in [1.54, 1.807) is 36.4 Å². The Bertz CT molecular complexity index is 1540. The van der Waals surface area contributed by atoms with Crippen molar-refractivity contribution in [2.24, 2.45) is 0 Å². The summed E-state index contributed by atoms with van der Waals surface area (Å²) in [6.45, 7) is 0. The van der Waals surface area contributed by atoms with E-state index in [0.29, 0.717) is 17.0 Å². The van der Waals surface area contributed by atoms with Crippen molar-refractivity contribution in [3.05, 3.63) is 131 Å². The Hall–Kier alpha value is -4.70. The monoisotopic (exact) mass is 542 g/mol. The molecule has 5 aromatic rings. The van der Waals surface area contributed by atoms with Crippen molar-refractivity contribution in [3.63, 3.8) is 0 Å². The summed E-state index contributed by atoms with van der Waals surface area (Å²) in [6, 6.07) is 33.7. The van der Waals surface area contributed by atoms with Gasteiger partial charge in [0.2, 0.25) is 0 Å². The molecule has 0 unspecified atom stereocenters. The quantitative estimate of drug-likeness (QED) is 0.161. The first-order chi connectivity index (χ1) is 20.0. The van der Waals surface area contributed by atoms with Crippen molar-refractivity contribution in [3.8, 4) is 45.3 Å². The number of hydrogen-bond donors (Lipinski definition) is 4. The first-order valence-electron chi connectivity index (χ1n) is 14.3. The molecule has 0 atom stereocenters. The van der Waals surface area contributed by atoms with Crippen LogP contribution in [0.4, 0.5) is 0 Å². The molecule has 1 saturated carbocycles. The summed E-state index contributed by atoms with van der Waals surface area (Å²) in [5.74, 6) is 0.809. The van der Waals surface area contributed by atoms with E-state index in [9.17, 15) is 20.4 Å². The number of rotatable bonds is 6. The van der Waals surface area contributed by atoms with Gasteiger partial charge in [0.25, 0.3) is 0 Å². The zero-order valence-corrected chi connectivity index (χ0v) is 22.9. The predicted molar refractivity (Wildman–Crippen MR) is 164 cm³/mol. The minimum absolute atomic E-state index is 0.142. The van der Waals surface area contributed by atoms with Gasteiger partial charge in [0.15, 0.2) is 0 Å². The maximum absolute atomic E-state index is 11.2. The minimum Gasteiger partial charge on any atom is -0.508 e. The molecule has 4 N–H and O–H groups in total. The fourth-order valence-electron chi connectivity index (χ4n) is 6.16. The van der Waals surface area contributed by atoms with Gasteiger partial charge in [0.1, 0.15) is 23.0 Å². The summed E-state index contributed by atoms with van der Waals surface area (Å²) >= 11 is 0. The largest absolute Gasteiger partial charge is 0.508 e. The molecule has 4 heteroatoms. The number of phenols is 4. The lowest BCUT2D eigenvalue weighted by Gasteiger charge is -2.25. The van der Waals surface area contributed by atoms with Crippen LogP contribution in [0.25, 0.3) is 22.3 Å². The summed E-state index contributed by atoms with van der Waals surface area (Å²) in [6.07, 6.45) is 6.28. The molecule has 41 heavy (non-hydrogen) atoms. The minimum atomic E-state index is -0.440. The van der Waals surface area contributed by atoms with Gasteiger partial charge >= 0.3 is 0 Å². The Kier molecular flexibility index (Phi) is 7.39. The van der Waals surface area contributed by atoms with Crippen LogP contribution in [0.5, 0.6) is 23.0 Å². The zero-order chi connectivity index (χ0) is 28.3. The molecule has 206 valence electrons. The van der Waals surface area contributed by atoms with Crippen LogP contribution in [0, 0.1) is 0 Å². The maximum Gasteiger partial charge on any atom is 0.119 e. The molecule has 0 bridgehead atoms. The molecular formula is C37H34O4. The van der Waals surface area contributed by atoms with Gasteiger partial charge in [-0.1, -0.05) is 79.9 Å². The number of aromatic hydroxyl groups is 4. The molecule has 1 aliphatic rings. The standard InChI is InChI=1S/C37H34O4/c38-31-16-10-26(11-17-31)29-14-20-35(40)33(22-29)37(28-8-6-25(7-9-28)24-4-2-1-3-5-24)34-23-30(15-21-36(34)41)27-12-18-32(39)19-13-27/h6-24,37-41H,1-5H2. The highest BCUT2D eigenvalue weighted by molar-refractivity contribution is 5.71. The van der Waals surface area contributed by atoms with Gasteiger partial charge in [-0.15, -0.1) is 0 Å². The molecule has 1 fully saturated rings. The third kappa shape index (κ3) is 5.64. The van der Waals surface area contributed by atoms with Crippen molar-refractivity contribution in [2.75, 3.05) is 0 Å². The van der Waals surface area contributed by atoms with Crippen molar-refractivity contribution in [1.29, 1.82) is 0 Å². The second kappa shape index (κ2) is 11.4. The highest BCUT2D eigenvalue weighted by Crippen LogP contribution is 2.44. The molecule has 0 aromatic heterocycles. The molecular weight excluding hydrogens is 508 g/mol. The van der Waals surface area contributed by atoms with E-state index in [2.05, 4.69) is 24.3 Å². The van der Waals surface area contributed by atoms with Crippen molar-refractivity contribution >= 4 is 0 Å². The van der Waals surface area contributed by atoms with Gasteiger partial charge < -0.3 is 20.4 Å². The molecule has 4 nitrogen and oxygen atoms in total. The van der Waals surface area contributed by atoms with Crippen LogP contribution in [-0.4, -0.2) is 20.4 Å². The number of hydrogen-bond acceptors (Lipinski definition) is 4. The highest BCUT2D eigenvalue weighted by atomic mass is 16.3. The third-order valence-electron chi connectivity index (χ3n) is 8.42. The van der Waals surface area contributed by atoms with Crippen LogP contribution in [0.3, 0.4) is 0 Å². The Morgan fingerprint density at radius 1 is 0.463 bits per heavy atom. The first kappa shape index (κ1) is 26.5. The van der Waals surface area contributed by atoms with Gasteiger partial charge in [0, 0.05) is 17.0 Å². The van der Waals surface area contributed by atoms with Gasteiger partial charge in [-0.3, -0.25) is 0 Å². The second-order valence-corrected chi connectivity index (χ2v) is 11.1. The SMILES string of the molecule is Oc1ccc(-c2ccc(O)c(C(c3ccc(C4CCCCC4)cc3)c3cc(-c4ccc(O)cc4)ccc3O)c2)cc1. The van der Waals surface area contributed by atoms with E-state index < -0.39 is 5.92 Å². The first-order valence-corrected chi connectivity index (χ1v) is 14.3. The van der Waals surface area contributed by atoms with Gasteiger partial charge in [-0.05, 0) is 101 Å². The maximum atomic E-state index is 11.2. The topological polar surface area (TPSA) is 80.9 Å². The summed E-state index contributed by atoms with van der Waals surface area (Å²) < 4.78 is 0. The van der Waals surface area contributed by atoms with Crippen LogP contribution in [-0.2, 0) is 0 Å². The average Bonchev–Trinajstić information content (AvgIpc) is 3.01. The molecule has 0 heterocycles. The number of benzene rings is 5. The lowest BCUT2D eigenvalue weighted by atomic mass is 9.80. The molecule has 6 rings (SSSR count). The van der Waals surface area contributed by atoms with Gasteiger partial charge in [-0.2, -0.15) is 0 Å². The van der Waals surface area contributed by atoms with Crippen LogP contribution >= 0.6 is 0 Å².